The second kappa shape index (κ2) is 11.2. The number of rotatable bonds is 9. The van der Waals surface area contributed by atoms with Gasteiger partial charge < -0.3 is 10.1 Å². The van der Waals surface area contributed by atoms with Gasteiger partial charge in [0.1, 0.15) is 5.75 Å². The van der Waals surface area contributed by atoms with Crippen LogP contribution in [0.3, 0.4) is 0 Å². The molecule has 3 rings (SSSR count). The lowest BCUT2D eigenvalue weighted by Gasteiger charge is -2.25. The normalized spacial score (nSPS) is 12.4. The monoisotopic (exact) mass is 514 g/mol. The largest absolute Gasteiger partial charge is 0.497 e. The predicted octanol–water partition coefficient (Wildman–Crippen LogP) is 5.34. The molecule has 0 saturated carbocycles. The average Bonchev–Trinajstić information content (AvgIpc) is 2.79. The minimum Gasteiger partial charge on any atom is -0.497 e. The number of nitrogens with zero attached hydrogens (tertiary/aromatic N) is 1. The van der Waals surface area contributed by atoms with Gasteiger partial charge in [-0.3, -0.25) is 4.79 Å². The van der Waals surface area contributed by atoms with E-state index in [9.17, 15) is 13.2 Å². The van der Waals surface area contributed by atoms with Gasteiger partial charge in [0.05, 0.1) is 24.6 Å². The Kier molecular flexibility index (Phi) is 8.59. The maximum atomic E-state index is 13.8. The van der Waals surface area contributed by atoms with Crippen molar-refractivity contribution in [2.24, 2.45) is 0 Å². The summed E-state index contributed by atoms with van der Waals surface area (Å²) in [4.78, 5) is 13.3. The molecule has 1 atom stereocenters. The Hall–Kier alpha value is -2.87. The summed E-state index contributed by atoms with van der Waals surface area (Å²) in [7, 11) is -2.38. The summed E-state index contributed by atoms with van der Waals surface area (Å²) in [6.45, 7) is 7.05. The number of nitrogens with one attached hydrogen (secondary N) is 1. The van der Waals surface area contributed by atoms with E-state index in [-0.39, 0.29) is 24.0 Å². The Labute approximate surface area is 212 Å². The fourth-order valence-electron chi connectivity index (χ4n) is 4.15. The van der Waals surface area contributed by atoms with Crippen LogP contribution in [-0.2, 0) is 21.4 Å². The first kappa shape index (κ1) is 26.7. The SMILES string of the molecule is COc1ccc(C(C)NC(=O)CN(Cc2ccc(Cl)cc2)S(=O)(=O)c2c(C)cc(C)cc2C)cc1. The molecular formula is C27H31ClN2O4S. The maximum absolute atomic E-state index is 13.8. The molecule has 0 heterocycles. The van der Waals surface area contributed by atoms with Gasteiger partial charge in [0.2, 0.25) is 15.9 Å². The zero-order chi connectivity index (χ0) is 25.8. The molecule has 6 nitrogen and oxygen atoms in total. The van der Waals surface area contributed by atoms with Crippen molar-refractivity contribution < 1.29 is 17.9 Å². The Morgan fingerprint density at radius 1 is 1.00 bits per heavy atom. The molecule has 1 amide bonds. The molecule has 3 aromatic rings. The van der Waals surface area contributed by atoms with Crippen molar-refractivity contribution in [3.8, 4) is 5.75 Å². The maximum Gasteiger partial charge on any atom is 0.244 e. The molecule has 1 unspecified atom stereocenters. The molecule has 0 spiro atoms. The van der Waals surface area contributed by atoms with Crippen LogP contribution >= 0.6 is 11.6 Å². The summed E-state index contributed by atoms with van der Waals surface area (Å²) in [6.07, 6.45) is 0. The third-order valence-corrected chi connectivity index (χ3v) is 8.14. The number of hydrogen-bond acceptors (Lipinski definition) is 4. The van der Waals surface area contributed by atoms with Crippen molar-refractivity contribution in [3.05, 3.63) is 93.5 Å². The number of hydrogen-bond donors (Lipinski definition) is 1. The number of benzene rings is 3. The highest BCUT2D eigenvalue weighted by atomic mass is 35.5. The highest BCUT2D eigenvalue weighted by Crippen LogP contribution is 2.27. The van der Waals surface area contributed by atoms with Gasteiger partial charge in [-0.25, -0.2) is 8.42 Å². The smallest absolute Gasteiger partial charge is 0.244 e. The van der Waals surface area contributed by atoms with E-state index in [2.05, 4.69) is 5.32 Å². The van der Waals surface area contributed by atoms with E-state index >= 15 is 0 Å². The summed E-state index contributed by atoms with van der Waals surface area (Å²) < 4.78 is 34.1. The molecule has 1 N–H and O–H groups in total. The van der Waals surface area contributed by atoms with Crippen LogP contribution in [0.5, 0.6) is 5.75 Å². The molecule has 0 saturated heterocycles. The number of halogens is 1. The second-order valence-corrected chi connectivity index (χ2v) is 11.0. The third kappa shape index (κ3) is 6.63. The second-order valence-electron chi connectivity index (χ2n) is 8.69. The van der Waals surface area contributed by atoms with Crippen molar-refractivity contribution in [1.82, 2.24) is 9.62 Å². The van der Waals surface area contributed by atoms with E-state index in [1.807, 2.05) is 50.2 Å². The fraction of sp³-hybridized carbons (Fsp3) is 0.296. The van der Waals surface area contributed by atoms with Gasteiger partial charge >= 0.3 is 0 Å². The topological polar surface area (TPSA) is 75.7 Å². The minimum atomic E-state index is -3.97. The molecule has 3 aromatic carbocycles. The number of ether oxygens (including phenoxy) is 1. The highest BCUT2D eigenvalue weighted by Gasteiger charge is 2.30. The summed E-state index contributed by atoms with van der Waals surface area (Å²) in [5.41, 5.74) is 3.90. The summed E-state index contributed by atoms with van der Waals surface area (Å²) in [6, 6.07) is 17.7. The average molecular weight is 515 g/mol. The Balaban J connectivity index is 1.89. The van der Waals surface area contributed by atoms with Gasteiger partial charge in [0, 0.05) is 11.6 Å². The number of amides is 1. The number of aryl methyl sites for hydroxylation is 3. The first-order valence-electron chi connectivity index (χ1n) is 11.3. The van der Waals surface area contributed by atoms with E-state index in [0.717, 1.165) is 22.4 Å². The van der Waals surface area contributed by atoms with Crippen molar-refractivity contribution in [1.29, 1.82) is 0 Å². The third-order valence-electron chi connectivity index (χ3n) is 5.79. The van der Waals surface area contributed by atoms with E-state index in [1.54, 1.807) is 45.2 Å². The van der Waals surface area contributed by atoms with Gasteiger partial charge in [-0.2, -0.15) is 4.31 Å². The molecule has 0 bridgehead atoms. The van der Waals surface area contributed by atoms with E-state index < -0.39 is 15.9 Å². The van der Waals surface area contributed by atoms with E-state index in [1.165, 1.54) is 4.31 Å². The van der Waals surface area contributed by atoms with Crippen LogP contribution in [0.15, 0.2) is 65.6 Å². The minimum absolute atomic E-state index is 0.0383. The van der Waals surface area contributed by atoms with Gasteiger partial charge in [0.15, 0.2) is 0 Å². The van der Waals surface area contributed by atoms with Crippen molar-refractivity contribution in [2.45, 2.75) is 45.2 Å². The lowest BCUT2D eigenvalue weighted by atomic mass is 10.1. The van der Waals surface area contributed by atoms with Crippen molar-refractivity contribution >= 4 is 27.5 Å². The molecule has 35 heavy (non-hydrogen) atoms. The van der Waals surface area contributed by atoms with Crippen LogP contribution < -0.4 is 10.1 Å². The van der Waals surface area contributed by atoms with Gasteiger partial charge in [-0.15, -0.1) is 0 Å². The number of carbonyl (C=O) groups is 1. The van der Waals surface area contributed by atoms with Gasteiger partial charge in [-0.1, -0.05) is 53.6 Å². The van der Waals surface area contributed by atoms with Crippen LogP contribution in [0.25, 0.3) is 0 Å². The summed E-state index contributed by atoms with van der Waals surface area (Å²) in [5.74, 6) is 0.324. The van der Waals surface area contributed by atoms with Gasteiger partial charge in [0.25, 0.3) is 0 Å². The lowest BCUT2D eigenvalue weighted by molar-refractivity contribution is -0.122. The van der Waals surface area contributed by atoms with E-state index in [0.29, 0.717) is 16.1 Å². The summed E-state index contributed by atoms with van der Waals surface area (Å²) >= 11 is 6.01. The number of methoxy groups -OCH3 is 1. The Morgan fingerprint density at radius 3 is 2.11 bits per heavy atom. The Bertz CT molecular complexity index is 1270. The first-order chi connectivity index (χ1) is 16.5. The highest BCUT2D eigenvalue weighted by molar-refractivity contribution is 7.89. The van der Waals surface area contributed by atoms with Crippen LogP contribution in [0.2, 0.25) is 5.02 Å². The zero-order valence-corrected chi connectivity index (χ0v) is 22.2. The molecule has 0 radical (unpaired) electrons. The molecule has 0 aromatic heterocycles. The van der Waals surface area contributed by atoms with Crippen LogP contribution in [-0.4, -0.2) is 32.3 Å². The lowest BCUT2D eigenvalue weighted by Crippen LogP contribution is -2.41. The molecule has 0 aliphatic heterocycles. The quantitative estimate of drug-likeness (QED) is 0.418. The molecule has 0 aliphatic carbocycles. The fourth-order valence-corrected chi connectivity index (χ4v) is 6.07. The molecule has 0 fully saturated rings. The molecule has 0 aliphatic rings. The van der Waals surface area contributed by atoms with Crippen LogP contribution in [0, 0.1) is 20.8 Å². The van der Waals surface area contributed by atoms with Crippen molar-refractivity contribution in [3.63, 3.8) is 0 Å². The predicted molar refractivity (Wildman–Crippen MR) is 139 cm³/mol. The zero-order valence-electron chi connectivity index (χ0n) is 20.6. The molecule has 8 heteroatoms. The van der Waals surface area contributed by atoms with Crippen molar-refractivity contribution in [2.75, 3.05) is 13.7 Å². The standard InChI is InChI=1S/C27H31ClN2O4S/c1-18-14-19(2)27(20(3)15-18)35(32,33)30(16-22-6-10-24(28)11-7-22)17-26(31)29-21(4)23-8-12-25(34-5)13-9-23/h6-15,21H,16-17H2,1-5H3,(H,29,31). The van der Waals surface area contributed by atoms with Crippen LogP contribution in [0.1, 0.15) is 40.8 Å². The summed E-state index contributed by atoms with van der Waals surface area (Å²) in [5, 5.41) is 3.47. The Morgan fingerprint density at radius 2 is 1.57 bits per heavy atom. The first-order valence-corrected chi connectivity index (χ1v) is 13.1. The molecule has 186 valence electrons. The van der Waals surface area contributed by atoms with Crippen LogP contribution in [0.4, 0.5) is 0 Å². The van der Waals surface area contributed by atoms with Gasteiger partial charge in [-0.05, 0) is 74.2 Å². The molecular weight excluding hydrogens is 484 g/mol. The van der Waals surface area contributed by atoms with E-state index in [4.69, 9.17) is 16.3 Å². The number of sulfonamides is 1. The number of carbonyl (C=O) groups excluding carboxylic acids is 1.